The largest absolute Gasteiger partial charge is 0.506 e. The molecule has 4 nitrogen and oxygen atoms in total. The third-order valence-electron chi connectivity index (χ3n) is 2.04. The molecule has 0 aliphatic carbocycles. The maximum Gasteiger partial charge on any atom is 0.265 e. The number of halogens is 4. The molecular formula is C10H9F2I2NO3. The number of alkyl halides is 2. The van der Waals surface area contributed by atoms with Crippen LogP contribution in [0.3, 0.4) is 0 Å². The second-order valence-electron chi connectivity index (χ2n) is 3.40. The van der Waals surface area contributed by atoms with Crippen LogP contribution in [-0.4, -0.2) is 35.2 Å². The number of aliphatic hydroxyl groups excluding tert-OH is 1. The molecule has 0 aromatic heterocycles. The van der Waals surface area contributed by atoms with Crippen LogP contribution in [0.2, 0.25) is 0 Å². The Morgan fingerprint density at radius 1 is 1.39 bits per heavy atom. The number of aliphatic hydroxyl groups is 1. The fourth-order valence-corrected chi connectivity index (χ4v) is 2.97. The van der Waals surface area contributed by atoms with E-state index in [1.165, 1.54) is 6.07 Å². The van der Waals surface area contributed by atoms with Crippen molar-refractivity contribution in [3.8, 4) is 5.75 Å². The molecular weight excluding hydrogens is 474 g/mol. The molecule has 0 heterocycles. The molecule has 8 heteroatoms. The summed E-state index contributed by atoms with van der Waals surface area (Å²) in [6.07, 6.45) is -4.84. The Morgan fingerprint density at radius 2 is 2.00 bits per heavy atom. The average molecular weight is 483 g/mol. The van der Waals surface area contributed by atoms with Gasteiger partial charge in [-0.15, -0.1) is 0 Å². The SMILES string of the molecule is O=C(NCC(O)C(F)F)c1cc(I)cc(I)c1O. The van der Waals surface area contributed by atoms with E-state index >= 15 is 0 Å². The second kappa shape index (κ2) is 6.80. The fourth-order valence-electron chi connectivity index (χ4n) is 1.12. The third-order valence-corrected chi connectivity index (χ3v) is 3.48. The maximum atomic E-state index is 12.0. The first-order chi connectivity index (χ1) is 8.32. The fraction of sp³-hybridized carbons (Fsp3) is 0.300. The van der Waals surface area contributed by atoms with Gasteiger partial charge in [-0.2, -0.15) is 0 Å². The standard InChI is InChI=1S/C10H9F2I2NO3/c11-9(12)7(16)3-15-10(18)5-1-4(13)2-6(14)8(5)17/h1-2,7,9,16-17H,3H2,(H,15,18). The van der Waals surface area contributed by atoms with E-state index in [1.807, 2.05) is 45.2 Å². The first-order valence-electron chi connectivity index (χ1n) is 4.75. The van der Waals surface area contributed by atoms with Crippen molar-refractivity contribution in [3.05, 3.63) is 24.8 Å². The summed E-state index contributed by atoms with van der Waals surface area (Å²) in [5.41, 5.74) is -0.00670. The van der Waals surface area contributed by atoms with E-state index in [9.17, 15) is 18.7 Å². The molecule has 1 rings (SSSR count). The van der Waals surface area contributed by atoms with E-state index in [4.69, 9.17) is 5.11 Å². The van der Waals surface area contributed by atoms with Gasteiger partial charge in [0.05, 0.1) is 9.13 Å². The van der Waals surface area contributed by atoms with E-state index in [2.05, 4.69) is 5.32 Å². The molecule has 1 unspecified atom stereocenters. The van der Waals surface area contributed by atoms with Gasteiger partial charge in [-0.05, 0) is 57.3 Å². The Balaban J connectivity index is 2.79. The molecule has 1 atom stereocenters. The number of hydrogen-bond acceptors (Lipinski definition) is 3. The summed E-state index contributed by atoms with van der Waals surface area (Å²) >= 11 is 3.83. The van der Waals surface area contributed by atoms with Crippen LogP contribution in [-0.2, 0) is 0 Å². The predicted molar refractivity (Wildman–Crippen MR) is 77.9 cm³/mol. The zero-order valence-electron chi connectivity index (χ0n) is 8.83. The third kappa shape index (κ3) is 4.16. The van der Waals surface area contributed by atoms with Gasteiger partial charge in [0.15, 0.2) is 0 Å². The first kappa shape index (κ1) is 15.8. The molecule has 3 N–H and O–H groups in total. The van der Waals surface area contributed by atoms with Gasteiger partial charge in [0.25, 0.3) is 12.3 Å². The highest BCUT2D eigenvalue weighted by Gasteiger charge is 2.20. The molecule has 100 valence electrons. The Kier molecular flexibility index (Phi) is 5.98. The van der Waals surface area contributed by atoms with Crippen LogP contribution in [0.4, 0.5) is 8.78 Å². The number of phenols is 1. The highest BCUT2D eigenvalue weighted by atomic mass is 127. The molecule has 0 radical (unpaired) electrons. The monoisotopic (exact) mass is 483 g/mol. The van der Waals surface area contributed by atoms with Crippen LogP contribution in [0.1, 0.15) is 10.4 Å². The van der Waals surface area contributed by atoms with Gasteiger partial charge >= 0.3 is 0 Å². The number of nitrogens with one attached hydrogen (secondary N) is 1. The minimum Gasteiger partial charge on any atom is -0.506 e. The molecule has 1 aromatic carbocycles. The lowest BCUT2D eigenvalue weighted by molar-refractivity contribution is -0.00271. The molecule has 0 saturated carbocycles. The maximum absolute atomic E-state index is 12.0. The van der Waals surface area contributed by atoms with Crippen molar-refractivity contribution in [2.24, 2.45) is 0 Å². The van der Waals surface area contributed by atoms with Gasteiger partial charge in [-0.25, -0.2) is 8.78 Å². The molecule has 0 aliphatic heterocycles. The summed E-state index contributed by atoms with van der Waals surface area (Å²) in [5, 5.41) is 20.7. The Hall–Kier alpha value is -0.230. The van der Waals surface area contributed by atoms with Gasteiger partial charge in [0.1, 0.15) is 11.9 Å². The number of amides is 1. The molecule has 1 aromatic rings. The van der Waals surface area contributed by atoms with Crippen LogP contribution < -0.4 is 5.32 Å². The minimum atomic E-state index is -2.92. The number of carbonyl (C=O) groups is 1. The van der Waals surface area contributed by atoms with E-state index < -0.39 is 25.0 Å². The number of benzene rings is 1. The van der Waals surface area contributed by atoms with Gasteiger partial charge in [-0.1, -0.05) is 0 Å². The van der Waals surface area contributed by atoms with Gasteiger partial charge in [0, 0.05) is 10.1 Å². The smallest absolute Gasteiger partial charge is 0.265 e. The molecule has 0 fully saturated rings. The highest BCUT2D eigenvalue weighted by molar-refractivity contribution is 14.1. The molecule has 0 bridgehead atoms. The number of aromatic hydroxyl groups is 1. The van der Waals surface area contributed by atoms with Crippen molar-refractivity contribution in [3.63, 3.8) is 0 Å². The average Bonchev–Trinajstić information content (AvgIpc) is 2.29. The number of carbonyl (C=O) groups excluding carboxylic acids is 1. The van der Waals surface area contributed by atoms with Crippen molar-refractivity contribution >= 4 is 51.1 Å². The minimum absolute atomic E-state index is 0.00670. The molecule has 0 aliphatic rings. The molecule has 0 saturated heterocycles. The number of hydrogen-bond donors (Lipinski definition) is 3. The van der Waals surface area contributed by atoms with E-state index in [-0.39, 0.29) is 11.3 Å². The number of phenolic OH excluding ortho intramolecular Hbond substituents is 1. The summed E-state index contributed by atoms with van der Waals surface area (Å²) in [5.74, 6) is -0.913. The van der Waals surface area contributed by atoms with Gasteiger partial charge in [-0.3, -0.25) is 4.79 Å². The van der Waals surface area contributed by atoms with E-state index in [1.54, 1.807) is 6.07 Å². The highest BCUT2D eigenvalue weighted by Crippen LogP contribution is 2.26. The van der Waals surface area contributed by atoms with Gasteiger partial charge < -0.3 is 15.5 Å². The summed E-state index contributed by atoms with van der Waals surface area (Å²) < 4.78 is 25.3. The topological polar surface area (TPSA) is 69.6 Å². The molecule has 1 amide bonds. The Morgan fingerprint density at radius 3 is 2.56 bits per heavy atom. The Labute approximate surface area is 129 Å². The predicted octanol–water partition coefficient (Wildman–Crippen LogP) is 1.96. The molecule has 0 spiro atoms. The van der Waals surface area contributed by atoms with E-state index in [0.717, 1.165) is 3.57 Å². The van der Waals surface area contributed by atoms with Crippen molar-refractivity contribution < 1.29 is 23.8 Å². The summed E-state index contributed by atoms with van der Waals surface area (Å²) in [4.78, 5) is 11.7. The van der Waals surface area contributed by atoms with Crippen LogP contribution >= 0.6 is 45.2 Å². The van der Waals surface area contributed by atoms with Crippen molar-refractivity contribution in [1.82, 2.24) is 5.32 Å². The van der Waals surface area contributed by atoms with Crippen LogP contribution in [0.5, 0.6) is 5.75 Å². The Bertz CT molecular complexity index is 457. The van der Waals surface area contributed by atoms with Crippen molar-refractivity contribution in [1.29, 1.82) is 0 Å². The van der Waals surface area contributed by atoms with Crippen LogP contribution in [0, 0.1) is 7.14 Å². The summed E-state index contributed by atoms with van der Waals surface area (Å²) in [6.45, 7) is -0.571. The molecule has 18 heavy (non-hydrogen) atoms. The van der Waals surface area contributed by atoms with Crippen molar-refractivity contribution in [2.45, 2.75) is 12.5 Å². The summed E-state index contributed by atoms with van der Waals surface area (Å²) in [6, 6.07) is 3.10. The lowest BCUT2D eigenvalue weighted by Gasteiger charge is -2.12. The van der Waals surface area contributed by atoms with Crippen LogP contribution in [0.15, 0.2) is 12.1 Å². The summed E-state index contributed by atoms with van der Waals surface area (Å²) in [7, 11) is 0. The van der Waals surface area contributed by atoms with Crippen molar-refractivity contribution in [2.75, 3.05) is 6.54 Å². The van der Waals surface area contributed by atoms with Gasteiger partial charge in [0.2, 0.25) is 0 Å². The lowest BCUT2D eigenvalue weighted by Crippen LogP contribution is -2.35. The normalized spacial score (nSPS) is 12.6. The zero-order valence-corrected chi connectivity index (χ0v) is 13.1. The number of rotatable bonds is 4. The second-order valence-corrected chi connectivity index (χ2v) is 5.80. The zero-order chi connectivity index (χ0) is 13.9. The first-order valence-corrected chi connectivity index (χ1v) is 6.91. The van der Waals surface area contributed by atoms with E-state index in [0.29, 0.717) is 3.57 Å². The van der Waals surface area contributed by atoms with Crippen LogP contribution in [0.25, 0.3) is 0 Å². The quantitative estimate of drug-likeness (QED) is 0.575. The lowest BCUT2D eigenvalue weighted by atomic mass is 10.2.